The van der Waals surface area contributed by atoms with E-state index in [1.807, 2.05) is 0 Å². The molecule has 0 spiro atoms. The fraction of sp³-hybridized carbons (Fsp3) is 0. The summed E-state index contributed by atoms with van der Waals surface area (Å²) < 4.78 is 18.2. The van der Waals surface area contributed by atoms with Gasteiger partial charge in [0.05, 0.1) is 0 Å². The van der Waals surface area contributed by atoms with E-state index in [-0.39, 0.29) is 28.5 Å². The average Bonchev–Trinajstić information content (AvgIpc) is 1.37. The van der Waals surface area contributed by atoms with E-state index in [1.54, 1.807) is 0 Å². The van der Waals surface area contributed by atoms with Gasteiger partial charge in [0.2, 0.25) is 0 Å². The van der Waals surface area contributed by atoms with Crippen molar-refractivity contribution in [2.45, 2.75) is 0 Å². The summed E-state index contributed by atoms with van der Waals surface area (Å²) in [5.74, 6) is 0. The SMILES string of the molecule is O.[MgH2].[O]=[Al][SiH]=O. The second kappa shape index (κ2) is 16.5. The summed E-state index contributed by atoms with van der Waals surface area (Å²) >= 11 is -0.940. The van der Waals surface area contributed by atoms with Gasteiger partial charge in [0, 0.05) is 0 Å². The Balaban J connectivity index is -0.0000000450. The topological polar surface area (TPSA) is 65.6 Å². The summed E-state index contributed by atoms with van der Waals surface area (Å²) in [5.41, 5.74) is 0. The molecule has 2 N–H and O–H groups in total. The molecule has 0 saturated heterocycles. The molecule has 3 nitrogen and oxygen atoms in total. The van der Waals surface area contributed by atoms with Gasteiger partial charge < -0.3 is 5.48 Å². The molecule has 0 aromatic rings. The third-order valence-electron chi connectivity index (χ3n) is 0.0556. The van der Waals surface area contributed by atoms with Crippen LogP contribution in [0.4, 0.5) is 0 Å². The Kier molecular flexibility index (Phi) is 43.4. The van der Waals surface area contributed by atoms with Crippen LogP contribution in [0.15, 0.2) is 0 Å². The van der Waals surface area contributed by atoms with Gasteiger partial charge in [-0.3, -0.25) is 0 Å². The van der Waals surface area contributed by atoms with Crippen molar-refractivity contribution in [3.8, 4) is 0 Å². The minimum atomic E-state index is -0.940. The van der Waals surface area contributed by atoms with Gasteiger partial charge in [-0.05, 0) is 0 Å². The molecule has 0 aromatic carbocycles. The van der Waals surface area contributed by atoms with Crippen molar-refractivity contribution >= 4 is 45.5 Å². The molecule has 0 unspecified atom stereocenters. The molecule has 0 aromatic heterocycles. The van der Waals surface area contributed by atoms with Gasteiger partial charge in [0.15, 0.2) is 0 Å². The first-order valence-electron chi connectivity index (χ1n) is 0.805. The second-order valence-corrected chi connectivity index (χ2v) is 2.45. The normalized spacial score (nSPS) is 2.67. The molecule has 0 aliphatic carbocycles. The van der Waals surface area contributed by atoms with Gasteiger partial charge in [-0.2, -0.15) is 0 Å². The van der Waals surface area contributed by atoms with E-state index in [9.17, 15) is 0 Å². The van der Waals surface area contributed by atoms with E-state index < -0.39 is 22.5 Å². The average molecular weight is 132 g/mol. The Morgan fingerprint density at radius 2 is 1.67 bits per heavy atom. The molecule has 0 heterocycles. The molecule has 0 amide bonds. The molecule has 0 bridgehead atoms. The molecule has 0 atom stereocenters. The van der Waals surface area contributed by atoms with Crippen molar-refractivity contribution < 1.29 is 13.7 Å². The zero-order valence-electron chi connectivity index (χ0n) is 2.47. The van der Waals surface area contributed by atoms with Crippen LogP contribution in [0.2, 0.25) is 0 Å². The summed E-state index contributed by atoms with van der Waals surface area (Å²) in [7, 11) is -0.940. The standard InChI is InChI=1S/Al.Mg.HOSi.H2O.O.2H/c;;1-2;;;;/h;;2H;1H2;;;. The van der Waals surface area contributed by atoms with Crippen LogP contribution in [0, 0.1) is 0 Å². The van der Waals surface area contributed by atoms with Crippen LogP contribution in [0.25, 0.3) is 0 Å². The van der Waals surface area contributed by atoms with Crippen molar-refractivity contribution in [2.24, 2.45) is 0 Å². The Labute approximate surface area is 59.2 Å². The summed E-state index contributed by atoms with van der Waals surface area (Å²) in [6, 6.07) is 0. The monoisotopic (exact) mass is 132 g/mol. The summed E-state index contributed by atoms with van der Waals surface area (Å²) in [6.07, 6.45) is 0. The molecule has 0 rings (SSSR count). The zero-order chi connectivity index (χ0) is 3.41. The van der Waals surface area contributed by atoms with Crippen molar-refractivity contribution in [2.75, 3.05) is 0 Å². The molecule has 0 fully saturated rings. The first-order valence-corrected chi connectivity index (χ1v) is 4.41. The van der Waals surface area contributed by atoms with Gasteiger partial charge >= 0.3 is 53.8 Å². The minimum absolute atomic E-state index is 0. The van der Waals surface area contributed by atoms with Gasteiger partial charge in [0.1, 0.15) is 0 Å². The fourth-order valence-electron chi connectivity index (χ4n) is 0. The second-order valence-electron chi connectivity index (χ2n) is 0.272. The first-order chi connectivity index (χ1) is 1.91. The van der Waals surface area contributed by atoms with Gasteiger partial charge in [-0.1, -0.05) is 0 Å². The van der Waals surface area contributed by atoms with Crippen molar-refractivity contribution in [3.05, 3.63) is 0 Å². The predicted octanol–water partition coefficient (Wildman–Crippen LogP) is -3.01. The van der Waals surface area contributed by atoms with Crippen LogP contribution in [0.3, 0.4) is 0 Å². The molecule has 32 valence electrons. The fourth-order valence-corrected chi connectivity index (χ4v) is 0. The maximum absolute atomic E-state index is 9.11. The summed E-state index contributed by atoms with van der Waals surface area (Å²) in [4.78, 5) is 0. The summed E-state index contributed by atoms with van der Waals surface area (Å²) in [5, 5.41) is 0. The molecule has 0 aliphatic heterocycles. The third kappa shape index (κ3) is 19.6. The van der Waals surface area contributed by atoms with E-state index in [4.69, 9.17) is 8.27 Å². The Morgan fingerprint density at radius 3 is 1.67 bits per heavy atom. The molecule has 0 saturated carbocycles. The van der Waals surface area contributed by atoms with Gasteiger partial charge in [0.25, 0.3) is 0 Å². The summed E-state index contributed by atoms with van der Waals surface area (Å²) in [6.45, 7) is 0. The van der Waals surface area contributed by atoms with Gasteiger partial charge in [-0.25, -0.2) is 0 Å². The number of rotatable bonds is 1. The number of hydrogen-bond donors (Lipinski definition) is 0. The maximum atomic E-state index is 9.11. The van der Waals surface area contributed by atoms with Crippen molar-refractivity contribution in [3.63, 3.8) is 0 Å². The molecule has 0 radical (unpaired) electrons. The molecular weight excluding hydrogens is 127 g/mol. The van der Waals surface area contributed by atoms with Crippen LogP contribution >= 0.6 is 0 Å². The van der Waals surface area contributed by atoms with Crippen LogP contribution in [-0.4, -0.2) is 51.0 Å². The van der Waals surface area contributed by atoms with Gasteiger partial charge in [-0.15, -0.1) is 0 Å². The third-order valence-corrected chi connectivity index (χ3v) is 0.500. The van der Waals surface area contributed by atoms with Crippen LogP contribution in [0.5, 0.6) is 0 Å². The Morgan fingerprint density at radius 1 is 1.50 bits per heavy atom. The van der Waals surface area contributed by atoms with E-state index in [2.05, 4.69) is 0 Å². The van der Waals surface area contributed by atoms with Crippen molar-refractivity contribution in [1.82, 2.24) is 0 Å². The Hall–Kier alpha value is 1.08. The number of hydrogen-bond acceptors (Lipinski definition) is 2. The van der Waals surface area contributed by atoms with E-state index in [0.29, 0.717) is 0 Å². The van der Waals surface area contributed by atoms with Crippen LogP contribution < -0.4 is 0 Å². The van der Waals surface area contributed by atoms with E-state index in [0.717, 1.165) is 0 Å². The molecule has 6 heavy (non-hydrogen) atoms. The van der Waals surface area contributed by atoms with Crippen LogP contribution in [-0.2, 0) is 8.27 Å². The quantitative estimate of drug-likeness (QED) is 0.357. The Bertz CT molecular complexity index is 31.8. The predicted molar refractivity (Wildman–Crippen MR) is 26.4 cm³/mol. The van der Waals surface area contributed by atoms with E-state index in [1.165, 1.54) is 0 Å². The zero-order valence-corrected chi connectivity index (χ0v) is 4.78. The van der Waals surface area contributed by atoms with Crippen LogP contribution in [0.1, 0.15) is 0 Å². The van der Waals surface area contributed by atoms with Crippen molar-refractivity contribution in [1.29, 1.82) is 0 Å². The van der Waals surface area contributed by atoms with E-state index >= 15 is 0 Å². The molecular formula is H5AlMgO3Si. The molecule has 0 aliphatic rings. The first kappa shape index (κ1) is 15.7. The molecule has 6 heteroatoms.